The Kier molecular flexibility index (Phi) is 6.12. The Bertz CT molecular complexity index is 1140. The Morgan fingerprint density at radius 1 is 1.13 bits per heavy atom. The molecule has 3 aromatic heterocycles. The van der Waals surface area contributed by atoms with Crippen molar-refractivity contribution in [2.24, 2.45) is 5.92 Å². The number of rotatable bonds is 8. The Morgan fingerprint density at radius 3 is 2.65 bits per heavy atom. The van der Waals surface area contributed by atoms with Crippen LogP contribution in [0.3, 0.4) is 0 Å². The first-order valence-electron chi connectivity index (χ1n) is 9.61. The van der Waals surface area contributed by atoms with Crippen LogP contribution in [0.4, 0.5) is 22.0 Å². The molecule has 0 saturated heterocycles. The molecule has 0 spiro atoms. The lowest BCUT2D eigenvalue weighted by molar-refractivity contribution is 0.489. The van der Waals surface area contributed by atoms with E-state index >= 15 is 0 Å². The third kappa shape index (κ3) is 5.18. The van der Waals surface area contributed by atoms with Crippen molar-refractivity contribution >= 4 is 29.3 Å². The highest BCUT2D eigenvalue weighted by molar-refractivity contribution is 7.98. The number of nitrogens with one attached hydrogen (secondary N) is 1. The maximum atomic E-state index is 13.1. The maximum absolute atomic E-state index is 13.1. The lowest BCUT2D eigenvalue weighted by atomic mass is 10.2. The lowest BCUT2D eigenvalue weighted by Crippen LogP contribution is -2.09. The molecular formula is C20H21FN8OS. The van der Waals surface area contributed by atoms with Crippen molar-refractivity contribution < 1.29 is 8.81 Å². The number of aromatic nitrogens is 6. The average Bonchev–Trinajstić information content (AvgIpc) is 3.37. The quantitative estimate of drug-likeness (QED) is 0.389. The standard InChI is InChI=1S/C20H21FN8OS/c1-12(2)10-29-17(15-4-3-9-30-15)27-28-20(29)31-11-16-24-18(22)26-19(25-16)23-14-7-5-13(21)6-8-14/h3-9,12H,10-11H2,1-2H3,(H3,22,23,24,25,26). The summed E-state index contributed by atoms with van der Waals surface area (Å²) in [7, 11) is 0. The fourth-order valence-corrected chi connectivity index (χ4v) is 3.67. The van der Waals surface area contributed by atoms with Crippen molar-refractivity contribution in [2.75, 3.05) is 11.1 Å². The lowest BCUT2D eigenvalue weighted by Gasteiger charge is -2.11. The monoisotopic (exact) mass is 440 g/mol. The molecule has 160 valence electrons. The third-order valence-corrected chi connectivity index (χ3v) is 5.10. The topological polar surface area (TPSA) is 121 Å². The number of thioether (sulfide) groups is 1. The van der Waals surface area contributed by atoms with Crippen molar-refractivity contribution in [2.45, 2.75) is 31.3 Å². The first kappa shape index (κ1) is 20.8. The molecular weight excluding hydrogens is 419 g/mol. The number of hydrogen-bond acceptors (Lipinski definition) is 9. The molecule has 0 radical (unpaired) electrons. The first-order valence-corrected chi connectivity index (χ1v) is 10.6. The highest BCUT2D eigenvalue weighted by Gasteiger charge is 2.18. The highest BCUT2D eigenvalue weighted by Crippen LogP contribution is 2.27. The summed E-state index contributed by atoms with van der Waals surface area (Å²) in [4.78, 5) is 12.7. The predicted octanol–water partition coefficient (Wildman–Crippen LogP) is 4.14. The summed E-state index contributed by atoms with van der Waals surface area (Å²) in [5.74, 6) is 2.69. The molecule has 11 heteroatoms. The van der Waals surface area contributed by atoms with E-state index in [1.54, 1.807) is 18.4 Å². The van der Waals surface area contributed by atoms with Crippen molar-refractivity contribution in [3.8, 4) is 11.6 Å². The predicted molar refractivity (Wildman–Crippen MR) is 116 cm³/mol. The van der Waals surface area contributed by atoms with E-state index in [9.17, 15) is 4.39 Å². The molecule has 0 amide bonds. The van der Waals surface area contributed by atoms with Crippen LogP contribution in [0.2, 0.25) is 0 Å². The van der Waals surface area contributed by atoms with E-state index in [4.69, 9.17) is 10.2 Å². The minimum absolute atomic E-state index is 0.0927. The van der Waals surface area contributed by atoms with Gasteiger partial charge in [-0.15, -0.1) is 10.2 Å². The minimum Gasteiger partial charge on any atom is -0.461 e. The zero-order valence-corrected chi connectivity index (χ0v) is 17.8. The Hall–Kier alpha value is -3.47. The van der Waals surface area contributed by atoms with Crippen LogP contribution in [-0.2, 0) is 12.3 Å². The van der Waals surface area contributed by atoms with Crippen LogP contribution in [-0.4, -0.2) is 29.7 Å². The molecule has 3 heterocycles. The van der Waals surface area contributed by atoms with Crippen LogP contribution < -0.4 is 11.1 Å². The second kappa shape index (κ2) is 9.13. The van der Waals surface area contributed by atoms with Gasteiger partial charge in [-0.25, -0.2) is 4.39 Å². The fraction of sp³-hybridized carbons (Fsp3) is 0.250. The van der Waals surface area contributed by atoms with Gasteiger partial charge in [-0.3, -0.25) is 4.57 Å². The number of halogens is 1. The molecule has 0 aliphatic rings. The maximum Gasteiger partial charge on any atom is 0.232 e. The zero-order chi connectivity index (χ0) is 21.8. The normalized spacial score (nSPS) is 11.2. The fourth-order valence-electron chi connectivity index (χ4n) is 2.86. The molecule has 0 atom stereocenters. The van der Waals surface area contributed by atoms with Gasteiger partial charge in [0.15, 0.2) is 16.7 Å². The molecule has 9 nitrogen and oxygen atoms in total. The van der Waals surface area contributed by atoms with Gasteiger partial charge in [-0.2, -0.15) is 15.0 Å². The van der Waals surface area contributed by atoms with Crippen LogP contribution in [0.15, 0.2) is 52.2 Å². The van der Waals surface area contributed by atoms with Gasteiger partial charge in [0.05, 0.1) is 12.0 Å². The van der Waals surface area contributed by atoms with Crippen molar-refractivity contribution in [3.63, 3.8) is 0 Å². The smallest absolute Gasteiger partial charge is 0.232 e. The van der Waals surface area contributed by atoms with Crippen molar-refractivity contribution in [1.82, 2.24) is 29.7 Å². The number of hydrogen-bond donors (Lipinski definition) is 2. The summed E-state index contributed by atoms with van der Waals surface area (Å²) in [5.41, 5.74) is 6.50. The second-order valence-corrected chi connectivity index (χ2v) is 8.08. The van der Waals surface area contributed by atoms with Crippen molar-refractivity contribution in [1.29, 1.82) is 0 Å². The highest BCUT2D eigenvalue weighted by atomic mass is 32.2. The molecule has 4 aromatic rings. The summed E-state index contributed by atoms with van der Waals surface area (Å²) >= 11 is 1.45. The van der Waals surface area contributed by atoms with Crippen LogP contribution >= 0.6 is 11.8 Å². The summed E-state index contributed by atoms with van der Waals surface area (Å²) in [6.45, 7) is 4.99. The molecule has 4 rings (SSSR count). The van der Waals surface area contributed by atoms with E-state index in [1.807, 2.05) is 16.7 Å². The Morgan fingerprint density at radius 2 is 1.94 bits per heavy atom. The molecule has 0 bridgehead atoms. The van der Waals surface area contributed by atoms with E-state index in [2.05, 4.69) is 44.3 Å². The van der Waals surface area contributed by atoms with Crippen LogP contribution in [0.5, 0.6) is 0 Å². The Balaban J connectivity index is 1.52. The number of furan rings is 1. The number of benzene rings is 1. The first-order chi connectivity index (χ1) is 15.0. The van der Waals surface area contributed by atoms with E-state index in [-0.39, 0.29) is 17.7 Å². The zero-order valence-electron chi connectivity index (χ0n) is 17.0. The third-order valence-electron chi connectivity index (χ3n) is 4.14. The summed E-state index contributed by atoms with van der Waals surface area (Å²) in [6, 6.07) is 9.56. The minimum atomic E-state index is -0.322. The molecule has 0 fully saturated rings. The number of nitrogens with two attached hydrogens (primary N) is 1. The molecule has 0 saturated carbocycles. The van der Waals surface area contributed by atoms with Gasteiger partial charge in [-0.1, -0.05) is 25.6 Å². The van der Waals surface area contributed by atoms with Gasteiger partial charge in [0.25, 0.3) is 0 Å². The van der Waals surface area contributed by atoms with Crippen molar-refractivity contribution in [3.05, 3.63) is 54.3 Å². The Labute approximate surface area is 182 Å². The molecule has 0 aliphatic carbocycles. The summed E-state index contributed by atoms with van der Waals surface area (Å²) < 4.78 is 20.6. The van der Waals surface area contributed by atoms with Gasteiger partial charge >= 0.3 is 0 Å². The van der Waals surface area contributed by atoms with Gasteiger partial charge in [0.2, 0.25) is 11.9 Å². The molecule has 1 aromatic carbocycles. The van der Waals surface area contributed by atoms with Crippen LogP contribution in [0.1, 0.15) is 19.7 Å². The van der Waals surface area contributed by atoms with Crippen LogP contribution in [0, 0.1) is 11.7 Å². The van der Waals surface area contributed by atoms with Gasteiger partial charge in [0.1, 0.15) is 11.6 Å². The number of anilines is 3. The largest absolute Gasteiger partial charge is 0.461 e. The van der Waals surface area contributed by atoms with E-state index in [0.29, 0.717) is 34.8 Å². The molecule has 0 unspecified atom stereocenters. The van der Waals surface area contributed by atoms with Gasteiger partial charge in [-0.05, 0) is 42.3 Å². The van der Waals surface area contributed by atoms with E-state index in [1.165, 1.54) is 23.9 Å². The molecule has 31 heavy (non-hydrogen) atoms. The molecule has 3 N–H and O–H groups in total. The van der Waals surface area contributed by atoms with Gasteiger partial charge < -0.3 is 15.5 Å². The second-order valence-electron chi connectivity index (χ2n) is 7.14. The summed E-state index contributed by atoms with van der Waals surface area (Å²) in [6.07, 6.45) is 1.61. The molecule has 0 aliphatic heterocycles. The van der Waals surface area contributed by atoms with E-state index in [0.717, 1.165) is 11.7 Å². The van der Waals surface area contributed by atoms with Crippen LogP contribution in [0.25, 0.3) is 11.6 Å². The number of nitrogen functional groups attached to an aromatic ring is 1. The van der Waals surface area contributed by atoms with Gasteiger partial charge in [0, 0.05) is 12.2 Å². The number of nitrogens with zero attached hydrogens (tertiary/aromatic N) is 6. The average molecular weight is 441 g/mol. The summed E-state index contributed by atoms with van der Waals surface area (Å²) in [5, 5.41) is 12.4. The van der Waals surface area contributed by atoms with E-state index < -0.39 is 0 Å². The SMILES string of the molecule is CC(C)Cn1c(SCc2nc(N)nc(Nc3ccc(F)cc3)n2)nnc1-c1ccco1.